The molecule has 350 valence electrons. The van der Waals surface area contributed by atoms with E-state index in [0.717, 1.165) is 63.7 Å². The van der Waals surface area contributed by atoms with Gasteiger partial charge >= 0.3 is 17.9 Å². The predicted octanol–water partition coefficient (Wildman–Crippen LogP) is 17.1. The topological polar surface area (TPSA) is 78.9 Å². The zero-order valence-corrected chi connectivity index (χ0v) is 40.2. The van der Waals surface area contributed by atoms with Crippen LogP contribution in [0.4, 0.5) is 0 Å². The van der Waals surface area contributed by atoms with E-state index in [0.29, 0.717) is 19.3 Å². The Bertz CT molecular complexity index is 887. The van der Waals surface area contributed by atoms with E-state index in [9.17, 15) is 14.4 Å². The minimum atomic E-state index is -0.760. The number of esters is 3. The Hall–Kier alpha value is -1.59. The smallest absolute Gasteiger partial charge is 0.306 e. The molecule has 0 amide bonds. The molecule has 0 spiro atoms. The van der Waals surface area contributed by atoms with Gasteiger partial charge in [0, 0.05) is 19.3 Å². The van der Waals surface area contributed by atoms with Gasteiger partial charge in [-0.2, -0.15) is 0 Å². The zero-order valence-electron chi connectivity index (χ0n) is 40.2. The molecule has 0 aromatic heterocycles. The molecule has 0 fully saturated rings. The fourth-order valence-electron chi connectivity index (χ4n) is 8.04. The van der Waals surface area contributed by atoms with Crippen molar-refractivity contribution in [2.24, 2.45) is 5.92 Å². The molecule has 0 aromatic rings. The number of unbranched alkanes of at least 4 members (excludes halogenated alkanes) is 35. The van der Waals surface area contributed by atoms with Crippen molar-refractivity contribution >= 4 is 17.9 Å². The van der Waals surface area contributed by atoms with Crippen LogP contribution in [0.1, 0.15) is 297 Å². The highest BCUT2D eigenvalue weighted by Crippen LogP contribution is 2.17. The molecule has 6 heteroatoms. The van der Waals surface area contributed by atoms with Gasteiger partial charge in [-0.15, -0.1) is 0 Å². The third-order valence-corrected chi connectivity index (χ3v) is 12.0. The Morgan fingerprint density at radius 2 is 0.559 bits per heavy atom. The predicted molar refractivity (Wildman–Crippen MR) is 252 cm³/mol. The summed E-state index contributed by atoms with van der Waals surface area (Å²) in [7, 11) is 0. The largest absolute Gasteiger partial charge is 0.462 e. The van der Waals surface area contributed by atoms with Crippen LogP contribution in [-0.4, -0.2) is 37.2 Å². The Balaban J connectivity index is 4.30. The van der Waals surface area contributed by atoms with Gasteiger partial charge in [-0.3, -0.25) is 14.4 Å². The number of rotatable bonds is 48. The van der Waals surface area contributed by atoms with Crippen molar-refractivity contribution in [2.75, 3.05) is 13.2 Å². The lowest BCUT2D eigenvalue weighted by Gasteiger charge is -2.18. The number of ether oxygens (including phenoxy) is 3. The Morgan fingerprint density at radius 1 is 0.322 bits per heavy atom. The SMILES string of the molecule is CCCCCCCCCCCCCCCCCCC(=O)O[C@H](COC(=O)CCCCCCCCCCCCCC)COC(=O)CCCCCCCCCCCCC(C)C. The van der Waals surface area contributed by atoms with E-state index in [1.54, 1.807) is 0 Å². The Labute approximate surface area is 368 Å². The lowest BCUT2D eigenvalue weighted by Crippen LogP contribution is -2.30. The van der Waals surface area contributed by atoms with Gasteiger partial charge in [0.1, 0.15) is 13.2 Å². The molecule has 1 atom stereocenters. The molecule has 0 aliphatic rings. The molecular weight excluding hydrogens is 733 g/mol. The molecule has 0 heterocycles. The number of hydrogen-bond acceptors (Lipinski definition) is 6. The first kappa shape index (κ1) is 57.4. The summed E-state index contributed by atoms with van der Waals surface area (Å²) in [4.78, 5) is 37.9. The van der Waals surface area contributed by atoms with Crippen molar-refractivity contribution in [3.63, 3.8) is 0 Å². The normalized spacial score (nSPS) is 11.9. The Morgan fingerprint density at radius 3 is 0.831 bits per heavy atom. The molecule has 0 unspecified atom stereocenters. The molecule has 0 N–H and O–H groups in total. The maximum Gasteiger partial charge on any atom is 0.306 e. The van der Waals surface area contributed by atoms with Crippen LogP contribution in [0.2, 0.25) is 0 Å². The summed E-state index contributed by atoms with van der Waals surface area (Å²) in [6.07, 6.45) is 49.4. The Kier molecular flexibility index (Phi) is 46.2. The number of hydrogen-bond donors (Lipinski definition) is 0. The van der Waals surface area contributed by atoms with Crippen LogP contribution in [0.25, 0.3) is 0 Å². The fourth-order valence-corrected chi connectivity index (χ4v) is 8.04. The van der Waals surface area contributed by atoms with Gasteiger partial charge in [0.05, 0.1) is 0 Å². The minimum absolute atomic E-state index is 0.0627. The highest BCUT2D eigenvalue weighted by Gasteiger charge is 2.19. The lowest BCUT2D eigenvalue weighted by atomic mass is 10.0. The summed E-state index contributed by atoms with van der Waals surface area (Å²) < 4.78 is 16.8. The van der Waals surface area contributed by atoms with Crippen LogP contribution in [0, 0.1) is 5.92 Å². The summed E-state index contributed by atoms with van der Waals surface area (Å²) in [6, 6.07) is 0. The summed E-state index contributed by atoms with van der Waals surface area (Å²) >= 11 is 0. The minimum Gasteiger partial charge on any atom is -0.462 e. The van der Waals surface area contributed by atoms with Crippen LogP contribution >= 0.6 is 0 Å². The average molecular weight is 835 g/mol. The number of carbonyl (C=O) groups excluding carboxylic acids is 3. The van der Waals surface area contributed by atoms with Crippen molar-refractivity contribution < 1.29 is 28.6 Å². The quantitative estimate of drug-likeness (QED) is 0.0345. The molecule has 0 radical (unpaired) electrons. The fraction of sp³-hybridized carbons (Fsp3) is 0.943. The van der Waals surface area contributed by atoms with E-state index in [1.807, 2.05) is 0 Å². The monoisotopic (exact) mass is 835 g/mol. The van der Waals surface area contributed by atoms with Crippen LogP contribution in [0.5, 0.6) is 0 Å². The molecule has 59 heavy (non-hydrogen) atoms. The third kappa shape index (κ3) is 47.3. The average Bonchev–Trinajstić information content (AvgIpc) is 3.22. The first-order valence-electron chi connectivity index (χ1n) is 26.4. The van der Waals surface area contributed by atoms with Crippen LogP contribution in [0.15, 0.2) is 0 Å². The van der Waals surface area contributed by atoms with E-state index < -0.39 is 6.10 Å². The van der Waals surface area contributed by atoms with Gasteiger partial charge in [0.2, 0.25) is 0 Å². The van der Waals surface area contributed by atoms with E-state index in [1.165, 1.54) is 193 Å². The molecule has 0 rings (SSSR count). The second-order valence-electron chi connectivity index (χ2n) is 18.6. The summed E-state index contributed by atoms with van der Waals surface area (Å²) in [6.45, 7) is 9.02. The van der Waals surface area contributed by atoms with Crippen molar-refractivity contribution in [1.29, 1.82) is 0 Å². The van der Waals surface area contributed by atoms with Crippen molar-refractivity contribution in [3.05, 3.63) is 0 Å². The number of carbonyl (C=O) groups is 3. The molecule has 0 aliphatic heterocycles. The standard InChI is InChI=1S/C53H102O6/c1-5-7-9-11-13-15-17-19-20-21-22-24-30-34-38-42-46-53(56)59-50(47-57-51(54)44-40-36-32-28-23-18-16-14-12-10-8-6-2)48-58-52(55)45-41-37-33-29-26-25-27-31-35-39-43-49(3)4/h49-50H,5-48H2,1-4H3/t50-/m1/s1. The molecule has 0 bridgehead atoms. The van der Waals surface area contributed by atoms with Crippen molar-refractivity contribution in [2.45, 2.75) is 303 Å². The van der Waals surface area contributed by atoms with E-state index in [4.69, 9.17) is 14.2 Å². The van der Waals surface area contributed by atoms with Gasteiger partial charge in [-0.25, -0.2) is 0 Å². The molecule has 0 saturated carbocycles. The second kappa shape index (κ2) is 47.5. The first-order valence-corrected chi connectivity index (χ1v) is 26.4. The molecule has 0 saturated heterocycles. The van der Waals surface area contributed by atoms with E-state index in [2.05, 4.69) is 27.7 Å². The van der Waals surface area contributed by atoms with E-state index >= 15 is 0 Å². The van der Waals surface area contributed by atoms with Crippen molar-refractivity contribution in [1.82, 2.24) is 0 Å². The van der Waals surface area contributed by atoms with Crippen LogP contribution in [-0.2, 0) is 28.6 Å². The second-order valence-corrected chi connectivity index (χ2v) is 18.6. The maximum atomic E-state index is 12.8. The molecule has 6 nitrogen and oxygen atoms in total. The molecule has 0 aromatic carbocycles. The third-order valence-electron chi connectivity index (χ3n) is 12.0. The lowest BCUT2D eigenvalue weighted by molar-refractivity contribution is -0.167. The summed E-state index contributed by atoms with van der Waals surface area (Å²) in [5.41, 5.74) is 0. The first-order chi connectivity index (χ1) is 28.9. The molecular formula is C53H102O6. The molecule has 0 aliphatic carbocycles. The summed E-state index contributed by atoms with van der Waals surface area (Å²) in [5.74, 6) is -0.0247. The van der Waals surface area contributed by atoms with Gasteiger partial charge < -0.3 is 14.2 Å². The van der Waals surface area contributed by atoms with Crippen LogP contribution < -0.4 is 0 Å². The van der Waals surface area contributed by atoms with E-state index in [-0.39, 0.29) is 31.1 Å². The highest BCUT2D eigenvalue weighted by molar-refractivity contribution is 5.71. The van der Waals surface area contributed by atoms with Gasteiger partial charge in [-0.1, -0.05) is 259 Å². The summed E-state index contributed by atoms with van der Waals surface area (Å²) in [5, 5.41) is 0. The van der Waals surface area contributed by atoms with Crippen molar-refractivity contribution in [3.8, 4) is 0 Å². The maximum absolute atomic E-state index is 12.8. The van der Waals surface area contributed by atoms with Gasteiger partial charge in [-0.05, 0) is 25.2 Å². The van der Waals surface area contributed by atoms with Gasteiger partial charge in [0.15, 0.2) is 6.10 Å². The highest BCUT2D eigenvalue weighted by atomic mass is 16.6. The zero-order chi connectivity index (χ0) is 43.1. The van der Waals surface area contributed by atoms with Gasteiger partial charge in [0.25, 0.3) is 0 Å². The van der Waals surface area contributed by atoms with Crippen LogP contribution in [0.3, 0.4) is 0 Å².